The van der Waals surface area contributed by atoms with Crippen molar-refractivity contribution in [3.8, 4) is 39.7 Å². The van der Waals surface area contributed by atoms with Gasteiger partial charge >= 0.3 is 0 Å². The number of methoxy groups -OCH3 is 1. The van der Waals surface area contributed by atoms with Gasteiger partial charge in [-0.1, -0.05) is 41.0 Å². The molecule has 1 N–H and O–H groups in total. The summed E-state index contributed by atoms with van der Waals surface area (Å²) in [5.41, 5.74) is 3.96. The molecule has 0 aliphatic heterocycles. The molecule has 5 nitrogen and oxygen atoms in total. The standard InChI is InChI=1S/C24H20ClNO4/c1-15-23(17-6-8-19(28-2)9-7-17)24(30-26-15)21-11-10-20(13-22(21)27)29-14-16-4-3-5-18(25)12-16/h3-13,27H,14H2,1-2H3. The minimum atomic E-state index is 0.0458. The minimum Gasteiger partial charge on any atom is -0.507 e. The second-order valence-electron chi connectivity index (χ2n) is 6.80. The molecule has 0 unspecified atom stereocenters. The van der Waals surface area contributed by atoms with Crippen LogP contribution >= 0.6 is 11.6 Å². The highest BCUT2D eigenvalue weighted by atomic mass is 35.5. The van der Waals surface area contributed by atoms with Crippen molar-refractivity contribution in [3.63, 3.8) is 0 Å². The van der Waals surface area contributed by atoms with E-state index in [-0.39, 0.29) is 5.75 Å². The molecule has 1 heterocycles. The van der Waals surface area contributed by atoms with Gasteiger partial charge in [-0.2, -0.15) is 0 Å². The van der Waals surface area contributed by atoms with Crippen LogP contribution in [0.1, 0.15) is 11.3 Å². The summed E-state index contributed by atoms with van der Waals surface area (Å²) in [4.78, 5) is 0. The van der Waals surface area contributed by atoms with Gasteiger partial charge in [-0.3, -0.25) is 0 Å². The Kier molecular flexibility index (Phi) is 5.63. The Labute approximate surface area is 179 Å². The Morgan fingerprint density at radius 2 is 1.77 bits per heavy atom. The van der Waals surface area contributed by atoms with Crippen LogP contribution in [-0.2, 0) is 6.61 Å². The van der Waals surface area contributed by atoms with Crippen molar-refractivity contribution in [2.24, 2.45) is 0 Å². The quantitative estimate of drug-likeness (QED) is 0.397. The van der Waals surface area contributed by atoms with Crippen LogP contribution in [0.25, 0.3) is 22.5 Å². The van der Waals surface area contributed by atoms with Crippen molar-refractivity contribution in [3.05, 3.63) is 83.0 Å². The van der Waals surface area contributed by atoms with Gasteiger partial charge in [-0.15, -0.1) is 0 Å². The summed E-state index contributed by atoms with van der Waals surface area (Å²) >= 11 is 6.01. The highest BCUT2D eigenvalue weighted by molar-refractivity contribution is 6.30. The van der Waals surface area contributed by atoms with E-state index in [1.165, 1.54) is 0 Å². The van der Waals surface area contributed by atoms with Crippen LogP contribution in [0.3, 0.4) is 0 Å². The van der Waals surface area contributed by atoms with Crippen LogP contribution in [0.4, 0.5) is 0 Å². The predicted molar refractivity (Wildman–Crippen MR) is 116 cm³/mol. The molecule has 3 aromatic carbocycles. The van der Waals surface area contributed by atoms with Gasteiger partial charge in [0.1, 0.15) is 23.9 Å². The van der Waals surface area contributed by atoms with Crippen LogP contribution in [0.2, 0.25) is 5.02 Å². The molecule has 152 valence electrons. The third-order valence-corrected chi connectivity index (χ3v) is 4.98. The lowest BCUT2D eigenvalue weighted by Crippen LogP contribution is -1.95. The van der Waals surface area contributed by atoms with E-state index in [1.54, 1.807) is 25.3 Å². The third-order valence-electron chi connectivity index (χ3n) is 4.75. The summed E-state index contributed by atoms with van der Waals surface area (Å²) in [6.45, 7) is 2.21. The zero-order chi connectivity index (χ0) is 21.1. The van der Waals surface area contributed by atoms with E-state index in [4.69, 9.17) is 25.6 Å². The molecule has 1 aromatic heterocycles. The van der Waals surface area contributed by atoms with Gasteiger partial charge in [0.2, 0.25) is 0 Å². The van der Waals surface area contributed by atoms with Crippen LogP contribution in [0, 0.1) is 6.92 Å². The topological polar surface area (TPSA) is 64.7 Å². The number of phenolic OH excluding ortho intramolecular Hbond substituents is 1. The molecule has 0 atom stereocenters. The highest BCUT2D eigenvalue weighted by Gasteiger charge is 2.20. The van der Waals surface area contributed by atoms with Crippen LogP contribution in [-0.4, -0.2) is 17.4 Å². The maximum atomic E-state index is 10.6. The van der Waals surface area contributed by atoms with Gasteiger partial charge in [0.05, 0.1) is 23.9 Å². The normalized spacial score (nSPS) is 10.8. The van der Waals surface area contributed by atoms with E-state index in [2.05, 4.69) is 5.16 Å². The van der Waals surface area contributed by atoms with Crippen LogP contribution < -0.4 is 9.47 Å². The maximum Gasteiger partial charge on any atom is 0.178 e. The molecule has 4 rings (SSSR count). The number of hydrogen-bond donors (Lipinski definition) is 1. The fourth-order valence-electron chi connectivity index (χ4n) is 3.24. The van der Waals surface area contributed by atoms with E-state index in [0.29, 0.717) is 28.7 Å². The monoisotopic (exact) mass is 421 g/mol. The van der Waals surface area contributed by atoms with E-state index < -0.39 is 0 Å². The number of rotatable bonds is 6. The molecule has 0 saturated carbocycles. The Morgan fingerprint density at radius 3 is 2.47 bits per heavy atom. The molecule has 4 aromatic rings. The molecule has 0 amide bonds. The molecule has 30 heavy (non-hydrogen) atoms. The molecule has 0 aliphatic rings. The summed E-state index contributed by atoms with van der Waals surface area (Å²) in [6, 6.07) is 20.2. The first kappa shape index (κ1) is 19.9. The summed E-state index contributed by atoms with van der Waals surface area (Å²) in [5, 5.41) is 15.4. The molecule has 0 aliphatic carbocycles. The first-order valence-corrected chi connectivity index (χ1v) is 9.74. The average Bonchev–Trinajstić information content (AvgIpc) is 3.13. The minimum absolute atomic E-state index is 0.0458. The number of benzene rings is 3. The lowest BCUT2D eigenvalue weighted by atomic mass is 9.99. The highest BCUT2D eigenvalue weighted by Crippen LogP contribution is 2.40. The van der Waals surface area contributed by atoms with Crippen molar-refractivity contribution in [1.82, 2.24) is 5.16 Å². The van der Waals surface area contributed by atoms with E-state index in [9.17, 15) is 5.11 Å². The number of aryl methyl sites for hydroxylation is 1. The summed E-state index contributed by atoms with van der Waals surface area (Å²) in [7, 11) is 1.62. The lowest BCUT2D eigenvalue weighted by Gasteiger charge is -2.10. The van der Waals surface area contributed by atoms with Crippen molar-refractivity contribution in [2.45, 2.75) is 13.5 Å². The van der Waals surface area contributed by atoms with Crippen molar-refractivity contribution >= 4 is 11.6 Å². The largest absolute Gasteiger partial charge is 0.507 e. The first-order valence-electron chi connectivity index (χ1n) is 9.36. The fourth-order valence-corrected chi connectivity index (χ4v) is 3.45. The predicted octanol–water partition coefficient (Wildman–Crippen LogP) is 6.26. The molecular weight excluding hydrogens is 402 g/mol. The number of aromatic hydroxyl groups is 1. The number of halogens is 1. The smallest absolute Gasteiger partial charge is 0.178 e. The lowest BCUT2D eigenvalue weighted by molar-refractivity contribution is 0.304. The molecule has 0 fully saturated rings. The van der Waals surface area contributed by atoms with Gasteiger partial charge in [0.25, 0.3) is 0 Å². The van der Waals surface area contributed by atoms with Gasteiger partial charge in [0, 0.05) is 11.1 Å². The molecule has 0 radical (unpaired) electrons. The number of aromatic nitrogens is 1. The van der Waals surface area contributed by atoms with Gasteiger partial charge in [0.15, 0.2) is 5.76 Å². The number of hydrogen-bond acceptors (Lipinski definition) is 5. The molecule has 0 saturated heterocycles. The number of phenols is 1. The Hall–Kier alpha value is -3.44. The zero-order valence-electron chi connectivity index (χ0n) is 16.6. The summed E-state index contributed by atoms with van der Waals surface area (Å²) in [5.74, 6) is 1.85. The fraction of sp³-hybridized carbons (Fsp3) is 0.125. The SMILES string of the molecule is COc1ccc(-c2c(C)noc2-c2ccc(OCc3cccc(Cl)c3)cc2O)cc1. The van der Waals surface area contributed by atoms with E-state index in [0.717, 1.165) is 28.1 Å². The van der Waals surface area contributed by atoms with Gasteiger partial charge in [-0.05, 0) is 54.4 Å². The van der Waals surface area contributed by atoms with Crippen molar-refractivity contribution in [2.75, 3.05) is 7.11 Å². The number of nitrogens with zero attached hydrogens (tertiary/aromatic N) is 1. The second kappa shape index (κ2) is 8.51. The van der Waals surface area contributed by atoms with Crippen molar-refractivity contribution < 1.29 is 19.1 Å². The molecule has 6 heteroatoms. The van der Waals surface area contributed by atoms with E-state index >= 15 is 0 Å². The Bertz CT molecular complexity index is 1170. The first-order chi connectivity index (χ1) is 14.5. The molecule has 0 bridgehead atoms. The maximum absolute atomic E-state index is 10.6. The summed E-state index contributed by atoms with van der Waals surface area (Å²) in [6.07, 6.45) is 0. The van der Waals surface area contributed by atoms with Crippen LogP contribution in [0.15, 0.2) is 71.3 Å². The second-order valence-corrected chi connectivity index (χ2v) is 7.23. The van der Waals surface area contributed by atoms with Gasteiger partial charge < -0.3 is 19.1 Å². The van der Waals surface area contributed by atoms with Crippen LogP contribution in [0.5, 0.6) is 17.2 Å². The zero-order valence-corrected chi connectivity index (χ0v) is 17.3. The molecular formula is C24H20ClNO4. The van der Waals surface area contributed by atoms with Crippen molar-refractivity contribution in [1.29, 1.82) is 0 Å². The Balaban J connectivity index is 1.60. The van der Waals surface area contributed by atoms with Gasteiger partial charge in [-0.25, -0.2) is 0 Å². The summed E-state index contributed by atoms with van der Waals surface area (Å²) < 4.78 is 16.6. The third kappa shape index (κ3) is 4.11. The number of ether oxygens (including phenoxy) is 2. The molecule has 0 spiro atoms. The van der Waals surface area contributed by atoms with E-state index in [1.807, 2.05) is 55.5 Å². The average molecular weight is 422 g/mol. The Morgan fingerprint density at radius 1 is 1.00 bits per heavy atom.